The van der Waals surface area contributed by atoms with E-state index in [2.05, 4.69) is 67.1 Å². The van der Waals surface area contributed by atoms with Crippen molar-refractivity contribution in [3.05, 3.63) is 29.8 Å². The van der Waals surface area contributed by atoms with Crippen molar-refractivity contribution in [1.29, 1.82) is 0 Å². The second-order valence-electron chi connectivity index (χ2n) is 6.03. The monoisotopic (exact) mass is 289 g/mol. The molecule has 1 aliphatic heterocycles. The largest absolute Gasteiger partial charge is 0.369 e. The Morgan fingerprint density at radius 3 is 2.38 bits per heavy atom. The van der Waals surface area contributed by atoms with Crippen LogP contribution >= 0.6 is 0 Å². The van der Waals surface area contributed by atoms with Crippen LogP contribution < -0.4 is 10.2 Å². The lowest BCUT2D eigenvalue weighted by Gasteiger charge is -2.40. The fourth-order valence-electron chi connectivity index (χ4n) is 3.36. The van der Waals surface area contributed by atoms with E-state index in [0.717, 1.165) is 32.6 Å². The second-order valence-corrected chi connectivity index (χ2v) is 6.03. The quantitative estimate of drug-likeness (QED) is 0.867. The van der Waals surface area contributed by atoms with E-state index < -0.39 is 0 Å². The molecule has 1 aromatic rings. The summed E-state index contributed by atoms with van der Waals surface area (Å²) in [5.41, 5.74) is 2.77. The van der Waals surface area contributed by atoms with E-state index in [0.29, 0.717) is 12.1 Å². The molecule has 21 heavy (non-hydrogen) atoms. The predicted octanol–water partition coefficient (Wildman–Crippen LogP) is 3.28. The van der Waals surface area contributed by atoms with Crippen LogP contribution in [0.5, 0.6) is 0 Å². The number of nitrogens with one attached hydrogen (secondary N) is 1. The van der Waals surface area contributed by atoms with Gasteiger partial charge in [0.1, 0.15) is 0 Å². The van der Waals surface area contributed by atoms with Gasteiger partial charge in [-0.2, -0.15) is 0 Å². The molecule has 0 aliphatic carbocycles. The number of anilines is 1. The van der Waals surface area contributed by atoms with Crippen molar-refractivity contribution in [3.8, 4) is 0 Å². The number of nitrogens with zero attached hydrogens (tertiary/aromatic N) is 2. The number of likely N-dealkylation sites (N-methyl/N-ethyl adjacent to an activating group) is 1. The molecule has 0 saturated carbocycles. The number of rotatable bonds is 6. The standard InChI is InChI=1S/C18H31N3/c1-5-18(19-6-2)16-8-10-17(11-9-16)21-13-12-20(7-3)15(4)14-21/h8-11,15,18-19H,5-7,12-14H2,1-4H3. The van der Waals surface area contributed by atoms with Gasteiger partial charge >= 0.3 is 0 Å². The highest BCUT2D eigenvalue weighted by Crippen LogP contribution is 2.23. The minimum atomic E-state index is 0.486. The molecule has 0 radical (unpaired) electrons. The fourth-order valence-corrected chi connectivity index (χ4v) is 3.36. The first kappa shape index (κ1) is 16.3. The SMILES string of the molecule is CCNC(CC)c1ccc(N2CCN(CC)C(C)C2)cc1. The molecular formula is C18H31N3. The highest BCUT2D eigenvalue weighted by atomic mass is 15.3. The van der Waals surface area contributed by atoms with Crippen LogP contribution in [0.2, 0.25) is 0 Å². The Hall–Kier alpha value is -1.06. The third-order valence-corrected chi connectivity index (χ3v) is 4.69. The van der Waals surface area contributed by atoms with Gasteiger partial charge in [0, 0.05) is 37.4 Å². The van der Waals surface area contributed by atoms with Crippen molar-refractivity contribution in [2.75, 3.05) is 37.6 Å². The van der Waals surface area contributed by atoms with Crippen LogP contribution in [-0.4, -0.2) is 43.7 Å². The van der Waals surface area contributed by atoms with Gasteiger partial charge in [0.05, 0.1) is 0 Å². The topological polar surface area (TPSA) is 18.5 Å². The van der Waals surface area contributed by atoms with E-state index in [1.807, 2.05) is 0 Å². The zero-order chi connectivity index (χ0) is 15.2. The summed E-state index contributed by atoms with van der Waals surface area (Å²) in [5, 5.41) is 3.55. The molecule has 1 saturated heterocycles. The van der Waals surface area contributed by atoms with Gasteiger partial charge in [-0.25, -0.2) is 0 Å². The molecule has 1 aliphatic rings. The van der Waals surface area contributed by atoms with Crippen LogP contribution in [0, 0.1) is 0 Å². The summed E-state index contributed by atoms with van der Waals surface area (Å²) in [6.07, 6.45) is 1.14. The van der Waals surface area contributed by atoms with Gasteiger partial charge in [-0.15, -0.1) is 0 Å². The molecule has 2 rings (SSSR count). The Morgan fingerprint density at radius 1 is 1.14 bits per heavy atom. The molecule has 1 aromatic carbocycles. The average molecular weight is 289 g/mol. The Kier molecular flexibility index (Phi) is 6.07. The molecule has 2 unspecified atom stereocenters. The van der Waals surface area contributed by atoms with Crippen molar-refractivity contribution in [3.63, 3.8) is 0 Å². The summed E-state index contributed by atoms with van der Waals surface area (Å²) >= 11 is 0. The first-order valence-corrected chi connectivity index (χ1v) is 8.51. The van der Waals surface area contributed by atoms with Gasteiger partial charge in [0.25, 0.3) is 0 Å². The smallest absolute Gasteiger partial charge is 0.0367 e. The van der Waals surface area contributed by atoms with E-state index in [9.17, 15) is 0 Å². The maximum absolute atomic E-state index is 3.55. The lowest BCUT2D eigenvalue weighted by atomic mass is 10.0. The fraction of sp³-hybridized carbons (Fsp3) is 0.667. The zero-order valence-corrected chi connectivity index (χ0v) is 14.1. The second kappa shape index (κ2) is 7.81. The maximum Gasteiger partial charge on any atom is 0.0367 e. The van der Waals surface area contributed by atoms with Crippen molar-refractivity contribution >= 4 is 5.69 Å². The lowest BCUT2D eigenvalue weighted by molar-refractivity contribution is 0.199. The summed E-state index contributed by atoms with van der Waals surface area (Å²) in [4.78, 5) is 5.08. The van der Waals surface area contributed by atoms with Crippen molar-refractivity contribution in [2.45, 2.75) is 46.2 Å². The molecule has 1 heterocycles. The normalized spacial score (nSPS) is 21.5. The van der Waals surface area contributed by atoms with E-state index in [-0.39, 0.29) is 0 Å². The molecule has 0 amide bonds. The molecule has 0 aromatic heterocycles. The minimum absolute atomic E-state index is 0.486. The summed E-state index contributed by atoms with van der Waals surface area (Å²) in [6.45, 7) is 14.6. The van der Waals surface area contributed by atoms with Gasteiger partial charge in [-0.1, -0.05) is 32.9 Å². The zero-order valence-electron chi connectivity index (χ0n) is 14.1. The Bertz CT molecular complexity index is 415. The van der Waals surface area contributed by atoms with Crippen LogP contribution in [0.15, 0.2) is 24.3 Å². The number of benzene rings is 1. The summed E-state index contributed by atoms with van der Waals surface area (Å²) < 4.78 is 0. The maximum atomic E-state index is 3.55. The molecule has 0 bridgehead atoms. The van der Waals surface area contributed by atoms with E-state index in [4.69, 9.17) is 0 Å². The van der Waals surface area contributed by atoms with Gasteiger partial charge in [-0.05, 0) is 44.1 Å². The van der Waals surface area contributed by atoms with Gasteiger partial charge in [-0.3, -0.25) is 4.90 Å². The summed E-state index contributed by atoms with van der Waals surface area (Å²) in [6, 6.07) is 10.3. The van der Waals surface area contributed by atoms with E-state index in [1.165, 1.54) is 17.8 Å². The van der Waals surface area contributed by atoms with Crippen molar-refractivity contribution in [1.82, 2.24) is 10.2 Å². The van der Waals surface area contributed by atoms with Crippen LogP contribution in [0.25, 0.3) is 0 Å². The molecule has 118 valence electrons. The van der Waals surface area contributed by atoms with Crippen LogP contribution in [0.3, 0.4) is 0 Å². The molecule has 2 atom stereocenters. The third-order valence-electron chi connectivity index (χ3n) is 4.69. The number of hydrogen-bond donors (Lipinski definition) is 1. The molecule has 0 spiro atoms. The van der Waals surface area contributed by atoms with Crippen LogP contribution in [-0.2, 0) is 0 Å². The highest BCUT2D eigenvalue weighted by Gasteiger charge is 2.22. The molecule has 3 heteroatoms. The summed E-state index contributed by atoms with van der Waals surface area (Å²) in [5.74, 6) is 0. The number of hydrogen-bond acceptors (Lipinski definition) is 3. The van der Waals surface area contributed by atoms with E-state index in [1.54, 1.807) is 0 Å². The van der Waals surface area contributed by atoms with Gasteiger partial charge in [0.15, 0.2) is 0 Å². The molecule has 1 N–H and O–H groups in total. The number of piperazine rings is 1. The van der Waals surface area contributed by atoms with E-state index >= 15 is 0 Å². The highest BCUT2D eigenvalue weighted by molar-refractivity contribution is 5.48. The molecule has 3 nitrogen and oxygen atoms in total. The average Bonchev–Trinajstić information content (AvgIpc) is 2.52. The first-order valence-electron chi connectivity index (χ1n) is 8.51. The Morgan fingerprint density at radius 2 is 1.86 bits per heavy atom. The van der Waals surface area contributed by atoms with Gasteiger partial charge < -0.3 is 10.2 Å². The third kappa shape index (κ3) is 3.98. The van der Waals surface area contributed by atoms with Gasteiger partial charge in [0.2, 0.25) is 0 Å². The molecular weight excluding hydrogens is 258 g/mol. The molecule has 1 fully saturated rings. The van der Waals surface area contributed by atoms with Crippen molar-refractivity contribution < 1.29 is 0 Å². The first-order chi connectivity index (χ1) is 10.2. The predicted molar refractivity (Wildman–Crippen MR) is 92.1 cm³/mol. The Labute approximate surface area is 130 Å². The Balaban J connectivity index is 2.02. The lowest BCUT2D eigenvalue weighted by Crippen LogP contribution is -2.51. The van der Waals surface area contributed by atoms with Crippen LogP contribution in [0.4, 0.5) is 5.69 Å². The minimum Gasteiger partial charge on any atom is -0.369 e. The summed E-state index contributed by atoms with van der Waals surface area (Å²) in [7, 11) is 0. The van der Waals surface area contributed by atoms with Crippen molar-refractivity contribution in [2.24, 2.45) is 0 Å². The van der Waals surface area contributed by atoms with Crippen LogP contribution in [0.1, 0.15) is 45.7 Å².